The van der Waals surface area contributed by atoms with Crippen LogP contribution in [0, 0.1) is 0 Å². The number of rotatable bonds is 5. The van der Waals surface area contributed by atoms with Gasteiger partial charge in [-0.2, -0.15) is 0 Å². The largest absolute Gasteiger partial charge is 0.334 e. The van der Waals surface area contributed by atoms with Crippen molar-refractivity contribution in [1.29, 1.82) is 0 Å². The van der Waals surface area contributed by atoms with Crippen molar-refractivity contribution in [3.05, 3.63) is 29.8 Å². The third kappa shape index (κ3) is 5.02. The molecule has 1 saturated heterocycles. The lowest BCUT2D eigenvalue weighted by atomic mass is 10.1. The average molecular weight is 290 g/mol. The van der Waals surface area contributed by atoms with Crippen LogP contribution < -0.4 is 16.4 Å². The van der Waals surface area contributed by atoms with Gasteiger partial charge >= 0.3 is 6.03 Å². The van der Waals surface area contributed by atoms with E-state index in [2.05, 4.69) is 15.5 Å². The quantitative estimate of drug-likeness (QED) is 0.779. The van der Waals surface area contributed by atoms with Gasteiger partial charge in [0.25, 0.3) is 0 Å². The molecule has 5 nitrogen and oxygen atoms in total. The smallest absolute Gasteiger partial charge is 0.319 e. The van der Waals surface area contributed by atoms with Crippen LogP contribution >= 0.6 is 0 Å². The Morgan fingerprint density at radius 2 is 2.05 bits per heavy atom. The van der Waals surface area contributed by atoms with Gasteiger partial charge in [-0.1, -0.05) is 12.1 Å². The number of carbonyl (C=O) groups is 1. The van der Waals surface area contributed by atoms with E-state index in [0.717, 1.165) is 30.9 Å². The summed E-state index contributed by atoms with van der Waals surface area (Å²) in [5, 5.41) is 5.85. The number of nitrogens with zero attached hydrogens (tertiary/aromatic N) is 1. The number of carbonyl (C=O) groups excluding carboxylic acids is 1. The molecule has 0 aliphatic carbocycles. The summed E-state index contributed by atoms with van der Waals surface area (Å²) in [6.45, 7) is 7.16. The maximum Gasteiger partial charge on any atom is 0.319 e. The summed E-state index contributed by atoms with van der Waals surface area (Å²) in [5.41, 5.74) is 7.64. The lowest BCUT2D eigenvalue weighted by Crippen LogP contribution is -2.42. The normalized spacial score (nSPS) is 18.2. The number of amides is 2. The maximum absolute atomic E-state index is 12.0. The van der Waals surface area contributed by atoms with E-state index in [1.54, 1.807) is 0 Å². The zero-order valence-electron chi connectivity index (χ0n) is 12.9. The first-order valence-electron chi connectivity index (χ1n) is 7.70. The van der Waals surface area contributed by atoms with Gasteiger partial charge in [-0.15, -0.1) is 0 Å². The van der Waals surface area contributed by atoms with Crippen molar-refractivity contribution in [1.82, 2.24) is 10.2 Å². The fourth-order valence-electron chi connectivity index (χ4n) is 2.69. The summed E-state index contributed by atoms with van der Waals surface area (Å²) in [6, 6.07) is 7.59. The van der Waals surface area contributed by atoms with Gasteiger partial charge in [-0.3, -0.25) is 0 Å². The van der Waals surface area contributed by atoms with E-state index < -0.39 is 0 Å². The van der Waals surface area contributed by atoms with Gasteiger partial charge in [0.1, 0.15) is 0 Å². The molecule has 0 aromatic heterocycles. The molecule has 0 bridgehead atoms. The third-order valence-electron chi connectivity index (χ3n) is 3.78. The molecule has 0 radical (unpaired) electrons. The van der Waals surface area contributed by atoms with E-state index in [1.807, 2.05) is 38.1 Å². The van der Waals surface area contributed by atoms with Gasteiger partial charge in [0.2, 0.25) is 0 Å². The average Bonchev–Trinajstić information content (AvgIpc) is 2.91. The molecule has 0 saturated carbocycles. The van der Waals surface area contributed by atoms with Crippen molar-refractivity contribution in [2.75, 3.05) is 25.0 Å². The highest BCUT2D eigenvalue weighted by atomic mass is 16.2. The highest BCUT2D eigenvalue weighted by Gasteiger charge is 2.16. The van der Waals surface area contributed by atoms with Crippen LogP contribution in [-0.2, 0) is 0 Å². The highest BCUT2D eigenvalue weighted by molar-refractivity contribution is 5.89. The summed E-state index contributed by atoms with van der Waals surface area (Å²) < 4.78 is 0. The second-order valence-electron chi connectivity index (χ2n) is 5.92. The second-order valence-corrected chi connectivity index (χ2v) is 5.92. The number of urea groups is 1. The van der Waals surface area contributed by atoms with Crippen LogP contribution in [0.15, 0.2) is 24.3 Å². The Hall–Kier alpha value is -1.59. The number of nitrogens with one attached hydrogen (secondary N) is 2. The SMILES string of the molecule is CC(CN1CCCC1)NC(=O)Nc1cccc(C(C)N)c1. The van der Waals surface area contributed by atoms with Gasteiger partial charge in [-0.05, 0) is 57.5 Å². The minimum atomic E-state index is -0.163. The van der Waals surface area contributed by atoms with Gasteiger partial charge in [0.05, 0.1) is 0 Å². The molecule has 4 N–H and O–H groups in total. The molecule has 1 heterocycles. The fourth-order valence-corrected chi connectivity index (χ4v) is 2.69. The van der Waals surface area contributed by atoms with E-state index >= 15 is 0 Å². The van der Waals surface area contributed by atoms with Crippen molar-refractivity contribution in [3.8, 4) is 0 Å². The van der Waals surface area contributed by atoms with Crippen LogP contribution in [0.1, 0.15) is 38.3 Å². The second kappa shape index (κ2) is 7.43. The van der Waals surface area contributed by atoms with E-state index in [9.17, 15) is 4.79 Å². The Morgan fingerprint density at radius 1 is 1.33 bits per heavy atom. The van der Waals surface area contributed by atoms with E-state index in [4.69, 9.17) is 5.73 Å². The lowest BCUT2D eigenvalue weighted by Gasteiger charge is -2.21. The number of hydrogen-bond acceptors (Lipinski definition) is 3. The Kier molecular flexibility index (Phi) is 5.59. The summed E-state index contributed by atoms with van der Waals surface area (Å²) in [5.74, 6) is 0. The number of benzene rings is 1. The molecule has 1 aliphatic rings. The molecule has 2 amide bonds. The van der Waals surface area contributed by atoms with Crippen molar-refractivity contribution in [2.45, 2.75) is 38.8 Å². The van der Waals surface area contributed by atoms with Crippen molar-refractivity contribution in [2.24, 2.45) is 5.73 Å². The minimum Gasteiger partial charge on any atom is -0.334 e. The van der Waals surface area contributed by atoms with Gasteiger partial charge in [0.15, 0.2) is 0 Å². The number of likely N-dealkylation sites (tertiary alicyclic amines) is 1. The maximum atomic E-state index is 12.0. The minimum absolute atomic E-state index is 0.0381. The molecular weight excluding hydrogens is 264 g/mol. The summed E-state index contributed by atoms with van der Waals surface area (Å²) in [7, 11) is 0. The molecule has 1 aliphatic heterocycles. The molecule has 2 atom stereocenters. The zero-order chi connectivity index (χ0) is 15.2. The van der Waals surface area contributed by atoms with Crippen molar-refractivity contribution < 1.29 is 4.79 Å². The molecule has 0 spiro atoms. The summed E-state index contributed by atoms with van der Waals surface area (Å²) in [6.07, 6.45) is 2.53. The molecule has 2 rings (SSSR count). The van der Waals surface area contributed by atoms with Gasteiger partial charge in [0, 0.05) is 24.3 Å². The zero-order valence-corrected chi connectivity index (χ0v) is 12.9. The first-order chi connectivity index (χ1) is 10.0. The first kappa shape index (κ1) is 15.8. The molecule has 1 aromatic carbocycles. The standard InChI is InChI=1S/C16H26N4O/c1-12(11-20-8-3-4-9-20)18-16(21)19-15-7-5-6-14(10-15)13(2)17/h5-7,10,12-13H,3-4,8-9,11,17H2,1-2H3,(H2,18,19,21). The molecular formula is C16H26N4O. The Labute approximate surface area is 126 Å². The molecule has 21 heavy (non-hydrogen) atoms. The van der Waals surface area contributed by atoms with Crippen molar-refractivity contribution in [3.63, 3.8) is 0 Å². The van der Waals surface area contributed by atoms with Crippen LogP contribution in [0.5, 0.6) is 0 Å². The van der Waals surface area contributed by atoms with Crippen LogP contribution in [0.4, 0.5) is 10.5 Å². The van der Waals surface area contributed by atoms with Gasteiger partial charge in [-0.25, -0.2) is 4.79 Å². The number of nitrogens with two attached hydrogens (primary N) is 1. The fraction of sp³-hybridized carbons (Fsp3) is 0.562. The molecule has 1 fully saturated rings. The molecule has 5 heteroatoms. The molecule has 116 valence electrons. The lowest BCUT2D eigenvalue weighted by molar-refractivity contribution is 0.242. The topological polar surface area (TPSA) is 70.4 Å². The molecule has 1 aromatic rings. The van der Waals surface area contributed by atoms with E-state index in [-0.39, 0.29) is 18.1 Å². The van der Waals surface area contributed by atoms with Crippen molar-refractivity contribution >= 4 is 11.7 Å². The third-order valence-corrected chi connectivity index (χ3v) is 3.78. The number of anilines is 1. The van der Waals surface area contributed by atoms with E-state index in [0.29, 0.717) is 0 Å². The number of hydrogen-bond donors (Lipinski definition) is 3. The Balaban J connectivity index is 1.81. The van der Waals surface area contributed by atoms with Crippen LogP contribution in [-0.4, -0.2) is 36.6 Å². The Bertz CT molecular complexity index is 469. The highest BCUT2D eigenvalue weighted by Crippen LogP contribution is 2.15. The first-order valence-corrected chi connectivity index (χ1v) is 7.70. The van der Waals surface area contributed by atoms with Crippen LogP contribution in [0.25, 0.3) is 0 Å². The summed E-state index contributed by atoms with van der Waals surface area (Å²) >= 11 is 0. The molecule has 2 unspecified atom stereocenters. The monoisotopic (exact) mass is 290 g/mol. The van der Waals surface area contributed by atoms with Gasteiger partial charge < -0.3 is 21.3 Å². The van der Waals surface area contributed by atoms with Crippen LogP contribution in [0.2, 0.25) is 0 Å². The summed E-state index contributed by atoms with van der Waals surface area (Å²) in [4.78, 5) is 14.4. The van der Waals surface area contributed by atoms with Crippen LogP contribution in [0.3, 0.4) is 0 Å². The Morgan fingerprint density at radius 3 is 2.71 bits per heavy atom. The predicted molar refractivity (Wildman–Crippen MR) is 86.3 cm³/mol. The predicted octanol–water partition coefficient (Wildman–Crippen LogP) is 2.31. The van der Waals surface area contributed by atoms with E-state index in [1.165, 1.54) is 12.8 Å².